The van der Waals surface area contributed by atoms with Crippen LogP contribution in [0.3, 0.4) is 0 Å². The molecule has 1 N–H and O–H groups in total. The van der Waals surface area contributed by atoms with Crippen molar-refractivity contribution in [2.24, 2.45) is 0 Å². The van der Waals surface area contributed by atoms with Gasteiger partial charge in [-0.25, -0.2) is 0 Å². The van der Waals surface area contributed by atoms with Gasteiger partial charge in [0.05, 0.1) is 28.9 Å². The van der Waals surface area contributed by atoms with Gasteiger partial charge in [-0.1, -0.05) is 30.3 Å². The van der Waals surface area contributed by atoms with Gasteiger partial charge in [0.2, 0.25) is 5.91 Å². The molecular formula is C17H14N2O2S. The Bertz CT molecular complexity index is 730. The Morgan fingerprint density at radius 3 is 2.77 bits per heavy atom. The van der Waals surface area contributed by atoms with Crippen LogP contribution in [0.2, 0.25) is 0 Å². The molecule has 1 amide bonds. The van der Waals surface area contributed by atoms with E-state index in [1.54, 1.807) is 18.4 Å². The number of hydrogen-bond acceptors (Lipinski definition) is 4. The van der Waals surface area contributed by atoms with Gasteiger partial charge in [-0.05, 0) is 17.7 Å². The van der Waals surface area contributed by atoms with Crippen LogP contribution in [-0.2, 0) is 10.5 Å². The first kappa shape index (κ1) is 14.5. The molecule has 5 heteroatoms. The van der Waals surface area contributed by atoms with Crippen LogP contribution in [0, 0.1) is 11.3 Å². The van der Waals surface area contributed by atoms with E-state index in [0.29, 0.717) is 22.1 Å². The van der Waals surface area contributed by atoms with Crippen LogP contribution in [0.5, 0.6) is 0 Å². The summed E-state index contributed by atoms with van der Waals surface area (Å²) in [4.78, 5) is 11.9. The van der Waals surface area contributed by atoms with E-state index in [1.807, 2.05) is 30.3 Å². The van der Waals surface area contributed by atoms with Gasteiger partial charge in [0.25, 0.3) is 0 Å². The number of carbonyl (C=O) groups excluding carboxylic acids is 1. The van der Waals surface area contributed by atoms with Crippen LogP contribution < -0.4 is 5.32 Å². The van der Waals surface area contributed by atoms with Crippen LogP contribution in [-0.4, -0.2) is 5.91 Å². The van der Waals surface area contributed by atoms with Crippen LogP contribution in [0.25, 0.3) is 0 Å². The minimum atomic E-state index is -0.299. The largest absolute Gasteiger partial charge is 0.469 e. The lowest BCUT2D eigenvalue weighted by Gasteiger charge is -2.23. The van der Waals surface area contributed by atoms with Crippen molar-refractivity contribution in [1.29, 1.82) is 5.26 Å². The SMILES string of the molecule is N#CC1=C(SCc2ccccc2)NC(=O)C[C@H]1c1ccco1. The maximum Gasteiger partial charge on any atom is 0.225 e. The molecule has 2 aromatic rings. The zero-order valence-electron chi connectivity index (χ0n) is 11.8. The third-order valence-corrected chi connectivity index (χ3v) is 4.56. The number of benzene rings is 1. The maximum atomic E-state index is 11.9. The molecule has 22 heavy (non-hydrogen) atoms. The fraction of sp³-hybridized carbons (Fsp3) is 0.176. The lowest BCUT2D eigenvalue weighted by molar-refractivity contribution is -0.120. The number of carbonyl (C=O) groups is 1. The quantitative estimate of drug-likeness (QED) is 0.938. The van der Waals surface area contributed by atoms with E-state index < -0.39 is 0 Å². The topological polar surface area (TPSA) is 66.0 Å². The molecule has 3 rings (SSSR count). The molecule has 0 saturated carbocycles. The summed E-state index contributed by atoms with van der Waals surface area (Å²) in [7, 11) is 0. The molecule has 1 aliphatic rings. The molecule has 1 atom stereocenters. The van der Waals surface area contributed by atoms with E-state index in [-0.39, 0.29) is 18.2 Å². The summed E-state index contributed by atoms with van der Waals surface area (Å²) in [5.74, 6) is 0.971. The molecule has 0 unspecified atom stereocenters. The van der Waals surface area contributed by atoms with Gasteiger partial charge in [0, 0.05) is 12.2 Å². The van der Waals surface area contributed by atoms with Gasteiger partial charge in [-0.15, -0.1) is 11.8 Å². The van der Waals surface area contributed by atoms with Gasteiger partial charge in [-0.3, -0.25) is 4.79 Å². The Morgan fingerprint density at radius 2 is 2.09 bits per heavy atom. The molecule has 4 nitrogen and oxygen atoms in total. The Labute approximate surface area is 132 Å². The summed E-state index contributed by atoms with van der Waals surface area (Å²) in [6, 6.07) is 15.8. The van der Waals surface area contributed by atoms with E-state index >= 15 is 0 Å². The number of rotatable bonds is 4. The second kappa shape index (κ2) is 6.54. The fourth-order valence-electron chi connectivity index (χ4n) is 2.40. The van der Waals surface area contributed by atoms with Gasteiger partial charge in [-0.2, -0.15) is 5.26 Å². The number of nitrogens with one attached hydrogen (secondary N) is 1. The highest BCUT2D eigenvalue weighted by molar-refractivity contribution is 8.02. The second-order valence-corrected chi connectivity index (χ2v) is 5.93. The Hall–Kier alpha value is -2.45. The van der Waals surface area contributed by atoms with E-state index in [2.05, 4.69) is 11.4 Å². The van der Waals surface area contributed by atoms with Crippen LogP contribution >= 0.6 is 11.8 Å². The van der Waals surface area contributed by atoms with Crippen molar-refractivity contribution in [1.82, 2.24) is 5.32 Å². The zero-order valence-corrected chi connectivity index (χ0v) is 12.6. The second-order valence-electron chi connectivity index (χ2n) is 4.95. The number of allylic oxidation sites excluding steroid dienone is 1. The lowest BCUT2D eigenvalue weighted by Crippen LogP contribution is -2.30. The fourth-order valence-corrected chi connectivity index (χ4v) is 3.43. The van der Waals surface area contributed by atoms with E-state index in [1.165, 1.54) is 11.8 Å². The van der Waals surface area contributed by atoms with Crippen molar-refractivity contribution in [3.63, 3.8) is 0 Å². The maximum absolute atomic E-state index is 11.9. The minimum absolute atomic E-state index is 0.0871. The third-order valence-electron chi connectivity index (χ3n) is 3.47. The van der Waals surface area contributed by atoms with Crippen molar-refractivity contribution in [2.45, 2.75) is 18.1 Å². The van der Waals surface area contributed by atoms with Crippen LogP contribution in [0.1, 0.15) is 23.7 Å². The predicted octanol–water partition coefficient (Wildman–Crippen LogP) is 3.55. The van der Waals surface area contributed by atoms with Crippen LogP contribution in [0.15, 0.2) is 63.7 Å². The first-order valence-electron chi connectivity index (χ1n) is 6.92. The monoisotopic (exact) mass is 310 g/mol. The summed E-state index contributed by atoms with van der Waals surface area (Å²) in [5.41, 5.74) is 1.71. The highest BCUT2D eigenvalue weighted by atomic mass is 32.2. The first-order valence-corrected chi connectivity index (χ1v) is 7.90. The summed E-state index contributed by atoms with van der Waals surface area (Å²) >= 11 is 1.47. The molecule has 0 radical (unpaired) electrons. The third kappa shape index (κ3) is 3.07. The summed E-state index contributed by atoms with van der Waals surface area (Å²) in [6.45, 7) is 0. The van der Waals surface area contributed by atoms with Crippen molar-refractivity contribution in [2.75, 3.05) is 0 Å². The number of nitriles is 1. The van der Waals surface area contributed by atoms with Gasteiger partial charge in [0.1, 0.15) is 5.76 Å². The highest BCUT2D eigenvalue weighted by Crippen LogP contribution is 2.36. The van der Waals surface area contributed by atoms with Crippen molar-refractivity contribution in [3.8, 4) is 6.07 Å². The molecule has 0 bridgehead atoms. The predicted molar refractivity (Wildman–Crippen MR) is 84.6 cm³/mol. The number of nitrogens with zero attached hydrogens (tertiary/aromatic N) is 1. The molecular weight excluding hydrogens is 296 g/mol. The summed E-state index contributed by atoms with van der Waals surface area (Å²) in [5, 5.41) is 12.9. The highest BCUT2D eigenvalue weighted by Gasteiger charge is 2.31. The molecule has 110 valence electrons. The number of amides is 1. The molecule has 0 spiro atoms. The Morgan fingerprint density at radius 1 is 1.27 bits per heavy atom. The Balaban J connectivity index is 1.85. The summed E-state index contributed by atoms with van der Waals surface area (Å²) < 4.78 is 5.39. The lowest BCUT2D eigenvalue weighted by atomic mass is 9.92. The molecule has 1 aromatic heterocycles. The van der Waals surface area contributed by atoms with Crippen LogP contribution in [0.4, 0.5) is 0 Å². The standard InChI is InChI=1S/C17H14N2O2S/c18-10-14-13(15-7-4-8-21-15)9-16(20)19-17(14)22-11-12-5-2-1-3-6-12/h1-8,13H,9,11H2,(H,19,20)/t13-/m1/s1. The normalized spacial score (nSPS) is 18.0. The molecule has 2 heterocycles. The zero-order chi connectivity index (χ0) is 15.4. The molecule has 0 fully saturated rings. The molecule has 0 saturated heterocycles. The average molecular weight is 310 g/mol. The van der Waals surface area contributed by atoms with Crippen molar-refractivity contribution < 1.29 is 9.21 Å². The smallest absolute Gasteiger partial charge is 0.225 e. The molecule has 0 aliphatic carbocycles. The molecule has 1 aromatic carbocycles. The number of thioether (sulfide) groups is 1. The van der Waals surface area contributed by atoms with Crippen molar-refractivity contribution in [3.05, 3.63) is 70.7 Å². The van der Waals surface area contributed by atoms with E-state index in [0.717, 1.165) is 5.56 Å². The van der Waals surface area contributed by atoms with Gasteiger partial charge < -0.3 is 9.73 Å². The average Bonchev–Trinajstić information content (AvgIpc) is 3.07. The first-order chi connectivity index (χ1) is 10.8. The number of furan rings is 1. The van der Waals surface area contributed by atoms with Gasteiger partial charge in [0.15, 0.2) is 0 Å². The van der Waals surface area contributed by atoms with E-state index in [9.17, 15) is 10.1 Å². The summed E-state index contributed by atoms with van der Waals surface area (Å²) in [6.07, 6.45) is 1.80. The number of hydrogen-bond donors (Lipinski definition) is 1. The minimum Gasteiger partial charge on any atom is -0.469 e. The van der Waals surface area contributed by atoms with Crippen molar-refractivity contribution >= 4 is 17.7 Å². The van der Waals surface area contributed by atoms with E-state index in [4.69, 9.17) is 4.42 Å². The van der Waals surface area contributed by atoms with Gasteiger partial charge >= 0.3 is 0 Å². The molecule has 1 aliphatic heterocycles. The Kier molecular flexibility index (Phi) is 4.31.